The molecule has 0 aliphatic carbocycles. The van der Waals surface area contributed by atoms with Crippen LogP contribution in [-0.4, -0.2) is 33.3 Å². The van der Waals surface area contributed by atoms with Crippen LogP contribution in [0, 0.1) is 5.92 Å². The number of amides is 1. The molecule has 16 heavy (non-hydrogen) atoms. The number of nitrogens with two attached hydrogens (primary N) is 1. The molecule has 0 bridgehead atoms. The lowest BCUT2D eigenvalue weighted by atomic mass is 10.2. The van der Waals surface area contributed by atoms with Crippen molar-refractivity contribution in [3.05, 3.63) is 5.28 Å². The summed E-state index contributed by atoms with van der Waals surface area (Å²) in [4.78, 5) is 24.4. The molecule has 8 heteroatoms. The van der Waals surface area contributed by atoms with E-state index in [1.165, 1.54) is 4.90 Å². The van der Waals surface area contributed by atoms with Gasteiger partial charge in [-0.15, -0.1) is 11.6 Å². The topological polar surface area (TPSA) is 85.0 Å². The molecular weight excluding hydrogens is 253 g/mol. The molecule has 1 aromatic rings. The second-order valence-electron chi connectivity index (χ2n) is 3.49. The normalized spacial score (nSPS) is 20.5. The van der Waals surface area contributed by atoms with Gasteiger partial charge in [-0.05, 0) is 17.5 Å². The van der Waals surface area contributed by atoms with Gasteiger partial charge in [0, 0.05) is 18.8 Å². The van der Waals surface area contributed by atoms with Gasteiger partial charge in [0.05, 0.1) is 0 Å². The minimum atomic E-state index is -0.0766. The van der Waals surface area contributed by atoms with Gasteiger partial charge in [-0.2, -0.15) is 15.0 Å². The van der Waals surface area contributed by atoms with E-state index in [9.17, 15) is 4.79 Å². The van der Waals surface area contributed by atoms with Crippen LogP contribution in [0.4, 0.5) is 11.9 Å². The van der Waals surface area contributed by atoms with Crippen LogP contribution < -0.4 is 10.6 Å². The van der Waals surface area contributed by atoms with Gasteiger partial charge in [0.25, 0.3) is 0 Å². The Labute approximate surface area is 102 Å². The molecule has 2 heterocycles. The van der Waals surface area contributed by atoms with Crippen molar-refractivity contribution < 1.29 is 4.79 Å². The third-order valence-corrected chi connectivity index (χ3v) is 2.88. The second-order valence-corrected chi connectivity index (χ2v) is 4.14. The predicted octanol–water partition coefficient (Wildman–Crippen LogP) is 0.699. The van der Waals surface area contributed by atoms with Crippen LogP contribution in [0.3, 0.4) is 0 Å². The van der Waals surface area contributed by atoms with E-state index in [2.05, 4.69) is 15.0 Å². The Morgan fingerprint density at radius 1 is 1.44 bits per heavy atom. The third kappa shape index (κ3) is 2.17. The molecule has 0 radical (unpaired) electrons. The Morgan fingerprint density at radius 3 is 2.75 bits per heavy atom. The van der Waals surface area contributed by atoms with Crippen LogP contribution >= 0.6 is 23.2 Å². The second kappa shape index (κ2) is 4.39. The first-order chi connectivity index (χ1) is 7.60. The fraction of sp³-hybridized carbons (Fsp3) is 0.500. The summed E-state index contributed by atoms with van der Waals surface area (Å²) < 4.78 is 0. The Bertz CT molecular complexity index is 407. The summed E-state index contributed by atoms with van der Waals surface area (Å²) in [5, 5.41) is -0.0235. The van der Waals surface area contributed by atoms with Crippen molar-refractivity contribution in [3.63, 3.8) is 0 Å². The van der Waals surface area contributed by atoms with Crippen molar-refractivity contribution in [2.24, 2.45) is 5.92 Å². The lowest BCUT2D eigenvalue weighted by Gasteiger charge is -2.13. The summed E-state index contributed by atoms with van der Waals surface area (Å²) in [5.74, 6) is 0.654. The number of anilines is 2. The van der Waals surface area contributed by atoms with Gasteiger partial charge in [-0.1, -0.05) is 0 Å². The van der Waals surface area contributed by atoms with E-state index in [-0.39, 0.29) is 29.0 Å². The van der Waals surface area contributed by atoms with Crippen molar-refractivity contribution in [2.45, 2.75) is 6.42 Å². The molecule has 1 unspecified atom stereocenters. The van der Waals surface area contributed by atoms with Crippen LogP contribution in [0.25, 0.3) is 0 Å². The molecule has 0 saturated carbocycles. The van der Waals surface area contributed by atoms with E-state index in [0.717, 1.165) is 0 Å². The summed E-state index contributed by atoms with van der Waals surface area (Å²) in [6, 6.07) is 0. The standard InChI is InChI=1S/C8H9Cl2N5O/c9-2-4-1-5(16)15(3-4)8-13-6(10)12-7(11)14-8/h4H,1-3H2,(H2,11,12,13,14). The highest BCUT2D eigenvalue weighted by atomic mass is 35.5. The predicted molar refractivity (Wildman–Crippen MR) is 60.4 cm³/mol. The van der Waals surface area contributed by atoms with Gasteiger partial charge in [-0.25, -0.2) is 0 Å². The fourth-order valence-electron chi connectivity index (χ4n) is 1.55. The van der Waals surface area contributed by atoms with Crippen molar-refractivity contribution >= 4 is 41.0 Å². The minimum Gasteiger partial charge on any atom is -0.368 e. The number of rotatable bonds is 2. The molecule has 1 atom stereocenters. The summed E-state index contributed by atoms with van der Waals surface area (Å²) in [6.07, 6.45) is 0.396. The summed E-state index contributed by atoms with van der Waals surface area (Å²) in [5.41, 5.74) is 5.43. The number of halogens is 2. The van der Waals surface area contributed by atoms with Crippen molar-refractivity contribution in [2.75, 3.05) is 23.1 Å². The number of alkyl halides is 1. The Morgan fingerprint density at radius 2 is 2.19 bits per heavy atom. The van der Waals surface area contributed by atoms with Crippen LogP contribution in [0.1, 0.15) is 6.42 Å². The minimum absolute atomic E-state index is 0.00266. The number of carbonyl (C=O) groups excluding carboxylic acids is 1. The number of nitrogen functional groups attached to an aromatic ring is 1. The van der Waals surface area contributed by atoms with E-state index in [4.69, 9.17) is 28.9 Å². The molecule has 1 aliphatic rings. The Kier molecular flexibility index (Phi) is 3.11. The van der Waals surface area contributed by atoms with Gasteiger partial charge in [0.15, 0.2) is 0 Å². The molecule has 0 aromatic carbocycles. The maximum atomic E-state index is 11.6. The highest BCUT2D eigenvalue weighted by molar-refractivity contribution is 6.28. The van der Waals surface area contributed by atoms with Crippen molar-refractivity contribution in [1.29, 1.82) is 0 Å². The number of nitrogens with zero attached hydrogens (tertiary/aromatic N) is 4. The number of hydrogen-bond acceptors (Lipinski definition) is 5. The number of aromatic nitrogens is 3. The fourth-order valence-corrected chi connectivity index (χ4v) is 1.92. The van der Waals surface area contributed by atoms with Crippen molar-refractivity contribution in [3.8, 4) is 0 Å². The molecule has 1 aliphatic heterocycles. The summed E-state index contributed by atoms with van der Waals surface area (Å²) >= 11 is 11.3. The molecule has 1 saturated heterocycles. The zero-order chi connectivity index (χ0) is 11.7. The van der Waals surface area contributed by atoms with Crippen LogP contribution in [0.5, 0.6) is 0 Å². The van der Waals surface area contributed by atoms with Gasteiger partial charge in [-0.3, -0.25) is 9.69 Å². The molecule has 2 rings (SSSR count). The smallest absolute Gasteiger partial charge is 0.238 e. The van der Waals surface area contributed by atoms with Crippen LogP contribution in [0.2, 0.25) is 5.28 Å². The zero-order valence-electron chi connectivity index (χ0n) is 8.23. The third-order valence-electron chi connectivity index (χ3n) is 2.28. The van der Waals surface area contributed by atoms with Crippen LogP contribution in [0.15, 0.2) is 0 Å². The SMILES string of the molecule is Nc1nc(Cl)nc(N2CC(CCl)CC2=O)n1. The van der Waals surface area contributed by atoms with Gasteiger partial charge in [0.2, 0.25) is 23.1 Å². The van der Waals surface area contributed by atoms with E-state index < -0.39 is 0 Å². The zero-order valence-corrected chi connectivity index (χ0v) is 9.74. The van der Waals surface area contributed by atoms with E-state index >= 15 is 0 Å². The summed E-state index contributed by atoms with van der Waals surface area (Å²) in [7, 11) is 0. The molecule has 6 nitrogen and oxygen atoms in total. The lowest BCUT2D eigenvalue weighted by Crippen LogP contribution is -2.27. The summed E-state index contributed by atoms with van der Waals surface area (Å²) in [6.45, 7) is 0.488. The molecule has 1 fully saturated rings. The highest BCUT2D eigenvalue weighted by Crippen LogP contribution is 2.23. The highest BCUT2D eigenvalue weighted by Gasteiger charge is 2.32. The molecule has 1 aromatic heterocycles. The van der Waals surface area contributed by atoms with Crippen molar-refractivity contribution in [1.82, 2.24) is 15.0 Å². The first-order valence-electron chi connectivity index (χ1n) is 4.63. The van der Waals surface area contributed by atoms with Gasteiger partial charge < -0.3 is 5.73 Å². The molecular formula is C8H9Cl2N5O. The number of carbonyl (C=O) groups is 1. The quantitative estimate of drug-likeness (QED) is 0.793. The molecule has 0 spiro atoms. The van der Waals surface area contributed by atoms with Gasteiger partial charge in [0.1, 0.15) is 0 Å². The van der Waals surface area contributed by atoms with Gasteiger partial charge >= 0.3 is 0 Å². The average Bonchev–Trinajstić information content (AvgIpc) is 2.58. The molecule has 2 N–H and O–H groups in total. The Hall–Kier alpha value is -1.14. The largest absolute Gasteiger partial charge is 0.368 e. The van der Waals surface area contributed by atoms with E-state index in [0.29, 0.717) is 18.8 Å². The first-order valence-corrected chi connectivity index (χ1v) is 5.54. The number of hydrogen-bond donors (Lipinski definition) is 1. The maximum absolute atomic E-state index is 11.6. The lowest BCUT2D eigenvalue weighted by molar-refractivity contribution is -0.117. The van der Waals surface area contributed by atoms with Crippen LogP contribution in [-0.2, 0) is 4.79 Å². The Balaban J connectivity index is 2.27. The first kappa shape index (κ1) is 11.3. The monoisotopic (exact) mass is 261 g/mol. The maximum Gasteiger partial charge on any atom is 0.238 e. The van der Waals surface area contributed by atoms with E-state index in [1.807, 2.05) is 0 Å². The molecule has 1 amide bonds. The average molecular weight is 262 g/mol. The molecule has 86 valence electrons. The van der Waals surface area contributed by atoms with E-state index in [1.54, 1.807) is 0 Å².